The van der Waals surface area contributed by atoms with Gasteiger partial charge in [-0.2, -0.15) is 5.10 Å². The molecule has 0 spiro atoms. The van der Waals surface area contributed by atoms with Crippen LogP contribution in [0.5, 0.6) is 0 Å². The maximum absolute atomic E-state index is 12.0. The number of ether oxygens (including phenoxy) is 1. The average molecular weight is 377 g/mol. The van der Waals surface area contributed by atoms with Gasteiger partial charge in [-0.15, -0.1) is 0 Å². The molecule has 0 fully saturated rings. The number of nitrogens with one attached hydrogen (secondary N) is 1. The molecule has 1 amide bonds. The Morgan fingerprint density at radius 2 is 1.71 bits per heavy atom. The third-order valence-corrected chi connectivity index (χ3v) is 4.49. The van der Waals surface area contributed by atoms with Crippen LogP contribution >= 0.6 is 0 Å². The van der Waals surface area contributed by atoms with Crippen LogP contribution in [0, 0.1) is 0 Å². The molecule has 0 unspecified atom stereocenters. The zero-order chi connectivity index (χ0) is 19.4. The molecule has 1 N–H and O–H groups in total. The van der Waals surface area contributed by atoms with Crippen molar-refractivity contribution in [2.45, 2.75) is 32.4 Å². The van der Waals surface area contributed by atoms with Crippen LogP contribution in [0.4, 0.5) is 0 Å². The predicted molar refractivity (Wildman–Crippen MR) is 110 cm³/mol. The van der Waals surface area contributed by atoms with E-state index >= 15 is 0 Å². The molecule has 1 aromatic heterocycles. The summed E-state index contributed by atoms with van der Waals surface area (Å²) in [7, 11) is 0. The third-order valence-electron chi connectivity index (χ3n) is 4.49. The zero-order valence-electron chi connectivity index (χ0n) is 16.1. The molecule has 2 aromatic carbocycles. The SMILES string of the molecule is O=C(CCCOCCc1ccccc1)NCc1ccc(Cn2cccn2)cc1. The minimum Gasteiger partial charge on any atom is -0.381 e. The van der Waals surface area contributed by atoms with Crippen LogP contribution in [0.15, 0.2) is 73.1 Å². The largest absolute Gasteiger partial charge is 0.381 e. The van der Waals surface area contributed by atoms with Crippen molar-refractivity contribution in [1.82, 2.24) is 15.1 Å². The number of rotatable bonds is 11. The van der Waals surface area contributed by atoms with E-state index in [1.54, 1.807) is 6.20 Å². The highest BCUT2D eigenvalue weighted by atomic mass is 16.5. The van der Waals surface area contributed by atoms with E-state index in [0.717, 1.165) is 24.9 Å². The summed E-state index contributed by atoms with van der Waals surface area (Å²) in [5, 5.41) is 7.17. The van der Waals surface area contributed by atoms with Crippen LogP contribution in [0.1, 0.15) is 29.5 Å². The highest BCUT2D eigenvalue weighted by Gasteiger charge is 2.02. The molecule has 28 heavy (non-hydrogen) atoms. The molecule has 3 aromatic rings. The van der Waals surface area contributed by atoms with Crippen LogP contribution in [-0.2, 0) is 29.0 Å². The van der Waals surface area contributed by atoms with Crippen LogP contribution < -0.4 is 5.32 Å². The van der Waals surface area contributed by atoms with E-state index in [0.29, 0.717) is 26.2 Å². The number of hydrogen-bond donors (Lipinski definition) is 1. The lowest BCUT2D eigenvalue weighted by molar-refractivity contribution is -0.121. The Labute approximate surface area is 166 Å². The summed E-state index contributed by atoms with van der Waals surface area (Å²) in [4.78, 5) is 12.0. The normalized spacial score (nSPS) is 10.7. The molecule has 0 aliphatic carbocycles. The Morgan fingerprint density at radius 1 is 0.929 bits per heavy atom. The maximum Gasteiger partial charge on any atom is 0.220 e. The summed E-state index contributed by atoms with van der Waals surface area (Å²) in [6.07, 6.45) is 5.85. The van der Waals surface area contributed by atoms with Crippen molar-refractivity contribution in [1.29, 1.82) is 0 Å². The molecular formula is C23H27N3O2. The molecule has 0 bridgehead atoms. The fraction of sp³-hybridized carbons (Fsp3) is 0.304. The zero-order valence-corrected chi connectivity index (χ0v) is 16.1. The summed E-state index contributed by atoms with van der Waals surface area (Å²) < 4.78 is 7.51. The first kappa shape index (κ1) is 19.8. The number of aromatic nitrogens is 2. The van der Waals surface area contributed by atoms with Crippen molar-refractivity contribution in [2.24, 2.45) is 0 Å². The molecule has 0 saturated heterocycles. The van der Waals surface area contributed by atoms with Gasteiger partial charge in [0.1, 0.15) is 0 Å². The Morgan fingerprint density at radius 3 is 2.46 bits per heavy atom. The third kappa shape index (κ3) is 7.00. The molecule has 0 aliphatic heterocycles. The second-order valence-electron chi connectivity index (χ2n) is 6.75. The number of amides is 1. The monoisotopic (exact) mass is 377 g/mol. The Hall–Kier alpha value is -2.92. The Bertz CT molecular complexity index is 815. The molecule has 0 radical (unpaired) electrons. The van der Waals surface area contributed by atoms with Gasteiger partial charge in [-0.3, -0.25) is 9.48 Å². The van der Waals surface area contributed by atoms with Crippen LogP contribution in [-0.4, -0.2) is 28.9 Å². The van der Waals surface area contributed by atoms with E-state index in [2.05, 4.69) is 34.7 Å². The van der Waals surface area contributed by atoms with Crippen molar-refractivity contribution in [3.8, 4) is 0 Å². The molecule has 5 heteroatoms. The quantitative estimate of drug-likeness (QED) is 0.520. The summed E-state index contributed by atoms with van der Waals surface area (Å²) >= 11 is 0. The highest BCUT2D eigenvalue weighted by molar-refractivity contribution is 5.75. The molecule has 0 aliphatic rings. The smallest absolute Gasteiger partial charge is 0.220 e. The van der Waals surface area contributed by atoms with Crippen LogP contribution in [0.2, 0.25) is 0 Å². The first-order valence-electron chi connectivity index (χ1n) is 9.73. The number of carbonyl (C=O) groups is 1. The van der Waals surface area contributed by atoms with Gasteiger partial charge in [0.05, 0.1) is 13.2 Å². The minimum atomic E-state index is 0.0623. The summed E-state index contributed by atoms with van der Waals surface area (Å²) in [6.45, 7) is 2.61. The van der Waals surface area contributed by atoms with Gasteiger partial charge >= 0.3 is 0 Å². The van der Waals surface area contributed by atoms with Gasteiger partial charge in [-0.25, -0.2) is 0 Å². The highest BCUT2D eigenvalue weighted by Crippen LogP contribution is 2.06. The van der Waals surface area contributed by atoms with Gasteiger partial charge in [-0.1, -0.05) is 54.6 Å². The Kier molecular flexibility index (Phi) is 7.82. The summed E-state index contributed by atoms with van der Waals surface area (Å²) in [5.41, 5.74) is 3.55. The first-order chi connectivity index (χ1) is 13.8. The van der Waals surface area contributed by atoms with E-state index in [1.165, 1.54) is 11.1 Å². The van der Waals surface area contributed by atoms with Crippen LogP contribution in [0.25, 0.3) is 0 Å². The van der Waals surface area contributed by atoms with E-state index < -0.39 is 0 Å². The lowest BCUT2D eigenvalue weighted by Crippen LogP contribution is -2.22. The van der Waals surface area contributed by atoms with E-state index in [9.17, 15) is 4.79 Å². The van der Waals surface area contributed by atoms with Crippen molar-refractivity contribution >= 4 is 5.91 Å². The van der Waals surface area contributed by atoms with Crippen molar-refractivity contribution < 1.29 is 9.53 Å². The lowest BCUT2D eigenvalue weighted by Gasteiger charge is -2.08. The fourth-order valence-electron chi connectivity index (χ4n) is 2.90. The number of nitrogens with zero attached hydrogens (tertiary/aromatic N) is 2. The van der Waals surface area contributed by atoms with Crippen molar-refractivity contribution in [3.05, 3.63) is 89.7 Å². The predicted octanol–water partition coefficient (Wildman–Crippen LogP) is 3.59. The van der Waals surface area contributed by atoms with Gasteiger partial charge in [0, 0.05) is 32.0 Å². The van der Waals surface area contributed by atoms with Gasteiger partial charge < -0.3 is 10.1 Å². The molecule has 146 valence electrons. The average Bonchev–Trinajstić information content (AvgIpc) is 3.24. The van der Waals surface area contributed by atoms with Gasteiger partial charge in [0.25, 0.3) is 0 Å². The van der Waals surface area contributed by atoms with E-state index in [1.807, 2.05) is 47.3 Å². The second-order valence-corrected chi connectivity index (χ2v) is 6.75. The molecule has 0 saturated carbocycles. The summed E-state index contributed by atoms with van der Waals surface area (Å²) in [5.74, 6) is 0.0623. The molecule has 1 heterocycles. The first-order valence-corrected chi connectivity index (χ1v) is 9.73. The maximum atomic E-state index is 12.0. The van der Waals surface area contributed by atoms with Gasteiger partial charge in [-0.05, 0) is 35.6 Å². The number of hydrogen-bond acceptors (Lipinski definition) is 3. The van der Waals surface area contributed by atoms with Gasteiger partial charge in [0.2, 0.25) is 5.91 Å². The van der Waals surface area contributed by atoms with Crippen molar-refractivity contribution in [2.75, 3.05) is 13.2 Å². The van der Waals surface area contributed by atoms with Crippen molar-refractivity contribution in [3.63, 3.8) is 0 Å². The topological polar surface area (TPSA) is 56.1 Å². The Balaban J connectivity index is 1.26. The van der Waals surface area contributed by atoms with E-state index in [4.69, 9.17) is 4.74 Å². The molecular weight excluding hydrogens is 350 g/mol. The standard InChI is InChI=1S/C23H27N3O2/c27-23(8-4-16-28-17-13-20-6-2-1-3-7-20)24-18-21-9-11-22(12-10-21)19-26-15-5-14-25-26/h1-3,5-7,9-12,14-15H,4,8,13,16-19H2,(H,24,27). The van der Waals surface area contributed by atoms with E-state index in [-0.39, 0.29) is 5.91 Å². The minimum absolute atomic E-state index is 0.0623. The lowest BCUT2D eigenvalue weighted by atomic mass is 10.1. The molecule has 5 nitrogen and oxygen atoms in total. The second kappa shape index (κ2) is 11.0. The molecule has 0 atom stereocenters. The fourth-order valence-corrected chi connectivity index (χ4v) is 2.90. The number of carbonyl (C=O) groups excluding carboxylic acids is 1. The van der Waals surface area contributed by atoms with Gasteiger partial charge in [0.15, 0.2) is 0 Å². The summed E-state index contributed by atoms with van der Waals surface area (Å²) in [6, 6.07) is 20.4. The van der Waals surface area contributed by atoms with Crippen LogP contribution in [0.3, 0.4) is 0 Å². The number of benzene rings is 2. The molecule has 3 rings (SSSR count).